The molecule has 3 rings (SSSR count). The van der Waals surface area contributed by atoms with Crippen LogP contribution in [0.2, 0.25) is 0 Å². The molecule has 2 aliphatic heterocycles. The van der Waals surface area contributed by atoms with Crippen molar-refractivity contribution in [3.63, 3.8) is 0 Å². The highest BCUT2D eigenvalue weighted by molar-refractivity contribution is 5.54. The molecule has 1 aromatic rings. The van der Waals surface area contributed by atoms with Gasteiger partial charge in [0, 0.05) is 50.5 Å². The van der Waals surface area contributed by atoms with E-state index in [1.807, 2.05) is 6.07 Å². The van der Waals surface area contributed by atoms with Crippen LogP contribution in [0.1, 0.15) is 12.0 Å². The van der Waals surface area contributed by atoms with Gasteiger partial charge in [-0.2, -0.15) is 0 Å². The largest absolute Gasteiger partial charge is 0.378 e. The molecular weight excluding hydrogens is 293 g/mol. The van der Waals surface area contributed by atoms with Gasteiger partial charge in [-0.05, 0) is 38.6 Å². The number of hydrogen-bond donors (Lipinski definition) is 0. The Balaban J connectivity index is 1.58. The SMILES string of the molecule is CN1CCN(CCCc2c(F)cccc2N2CCOCC2)CC1. The van der Waals surface area contributed by atoms with E-state index in [2.05, 4.69) is 27.8 Å². The number of likely N-dealkylation sites (N-methyl/N-ethyl adjacent to an activating group) is 1. The van der Waals surface area contributed by atoms with Crippen molar-refractivity contribution >= 4 is 5.69 Å². The van der Waals surface area contributed by atoms with Gasteiger partial charge >= 0.3 is 0 Å². The lowest BCUT2D eigenvalue weighted by Crippen LogP contribution is -2.44. The topological polar surface area (TPSA) is 19.0 Å². The first kappa shape index (κ1) is 16.7. The molecule has 1 aromatic carbocycles. The van der Waals surface area contributed by atoms with Crippen molar-refractivity contribution in [2.75, 3.05) is 71.0 Å². The van der Waals surface area contributed by atoms with Crippen molar-refractivity contribution in [3.05, 3.63) is 29.6 Å². The van der Waals surface area contributed by atoms with Crippen molar-refractivity contribution in [1.82, 2.24) is 9.80 Å². The van der Waals surface area contributed by atoms with Crippen molar-refractivity contribution in [2.45, 2.75) is 12.8 Å². The Labute approximate surface area is 138 Å². The van der Waals surface area contributed by atoms with E-state index in [0.29, 0.717) is 0 Å². The fourth-order valence-corrected chi connectivity index (χ4v) is 3.45. The minimum Gasteiger partial charge on any atom is -0.378 e. The maximum atomic E-state index is 14.3. The lowest BCUT2D eigenvalue weighted by atomic mass is 10.0. The summed E-state index contributed by atoms with van der Waals surface area (Å²) in [7, 11) is 2.17. The monoisotopic (exact) mass is 321 g/mol. The van der Waals surface area contributed by atoms with Crippen molar-refractivity contribution in [1.29, 1.82) is 0 Å². The van der Waals surface area contributed by atoms with Crippen molar-refractivity contribution in [2.24, 2.45) is 0 Å². The average Bonchev–Trinajstić information content (AvgIpc) is 2.59. The highest BCUT2D eigenvalue weighted by Crippen LogP contribution is 2.25. The highest BCUT2D eigenvalue weighted by atomic mass is 19.1. The summed E-state index contributed by atoms with van der Waals surface area (Å²) in [5, 5.41) is 0. The number of piperazine rings is 1. The van der Waals surface area contributed by atoms with Crippen LogP contribution in [0, 0.1) is 5.82 Å². The second kappa shape index (κ2) is 8.08. The van der Waals surface area contributed by atoms with Crippen molar-refractivity contribution < 1.29 is 9.13 Å². The van der Waals surface area contributed by atoms with Crippen LogP contribution in [-0.4, -0.2) is 75.9 Å². The lowest BCUT2D eigenvalue weighted by Gasteiger charge is -2.33. The molecule has 0 saturated carbocycles. The number of hydrogen-bond acceptors (Lipinski definition) is 4. The van der Waals surface area contributed by atoms with Crippen LogP contribution >= 0.6 is 0 Å². The minimum atomic E-state index is -0.0626. The Morgan fingerprint density at radius 2 is 1.78 bits per heavy atom. The lowest BCUT2D eigenvalue weighted by molar-refractivity contribution is 0.122. The predicted octanol–water partition coefficient (Wildman–Crippen LogP) is 1.84. The molecule has 23 heavy (non-hydrogen) atoms. The Morgan fingerprint density at radius 1 is 1.04 bits per heavy atom. The van der Waals surface area contributed by atoms with E-state index >= 15 is 0 Å². The Hall–Kier alpha value is -1.17. The van der Waals surface area contributed by atoms with Gasteiger partial charge in [-0.15, -0.1) is 0 Å². The van der Waals surface area contributed by atoms with E-state index in [9.17, 15) is 4.39 Å². The molecule has 0 unspecified atom stereocenters. The third-order valence-electron chi connectivity index (χ3n) is 4.94. The van der Waals surface area contributed by atoms with Crippen LogP contribution in [0.3, 0.4) is 0 Å². The van der Waals surface area contributed by atoms with Gasteiger partial charge in [0.15, 0.2) is 0 Å². The molecule has 2 heterocycles. The number of benzene rings is 1. The van der Waals surface area contributed by atoms with E-state index in [-0.39, 0.29) is 5.82 Å². The molecule has 0 atom stereocenters. The van der Waals surface area contributed by atoms with E-state index < -0.39 is 0 Å². The fourth-order valence-electron chi connectivity index (χ4n) is 3.45. The van der Waals surface area contributed by atoms with Gasteiger partial charge in [0.2, 0.25) is 0 Å². The van der Waals surface area contributed by atoms with Gasteiger partial charge in [-0.25, -0.2) is 4.39 Å². The molecular formula is C18H28FN3O. The Bertz CT molecular complexity index is 497. The summed E-state index contributed by atoms with van der Waals surface area (Å²) in [6.45, 7) is 8.77. The zero-order valence-electron chi connectivity index (χ0n) is 14.1. The number of halogens is 1. The number of anilines is 1. The van der Waals surface area contributed by atoms with Gasteiger partial charge < -0.3 is 19.4 Å². The van der Waals surface area contributed by atoms with Crippen LogP contribution < -0.4 is 4.90 Å². The molecule has 0 bridgehead atoms. The third kappa shape index (κ3) is 4.43. The van der Waals surface area contributed by atoms with Crippen LogP contribution in [0.5, 0.6) is 0 Å². The maximum Gasteiger partial charge on any atom is 0.128 e. The summed E-state index contributed by atoms with van der Waals surface area (Å²) in [5.41, 5.74) is 1.94. The summed E-state index contributed by atoms with van der Waals surface area (Å²) >= 11 is 0. The summed E-state index contributed by atoms with van der Waals surface area (Å²) < 4.78 is 19.8. The first-order valence-electron chi connectivity index (χ1n) is 8.75. The van der Waals surface area contributed by atoms with Crippen molar-refractivity contribution in [3.8, 4) is 0 Å². The zero-order valence-corrected chi connectivity index (χ0v) is 14.1. The molecule has 0 aromatic heterocycles. The second-order valence-electron chi connectivity index (χ2n) is 6.59. The van der Waals surface area contributed by atoms with Crippen LogP contribution in [-0.2, 0) is 11.2 Å². The highest BCUT2D eigenvalue weighted by Gasteiger charge is 2.18. The molecule has 2 aliphatic rings. The van der Waals surface area contributed by atoms with E-state index in [4.69, 9.17) is 4.74 Å². The molecule has 0 spiro atoms. The van der Waals surface area contributed by atoms with Crippen LogP contribution in [0.25, 0.3) is 0 Å². The van der Waals surface area contributed by atoms with Gasteiger partial charge in [0.1, 0.15) is 5.82 Å². The standard InChI is InChI=1S/C18H28FN3O/c1-20-8-10-21(11-9-20)7-3-4-16-17(19)5-2-6-18(16)22-12-14-23-15-13-22/h2,5-6H,3-4,7-15H2,1H3. The van der Waals surface area contributed by atoms with Gasteiger partial charge in [0.25, 0.3) is 0 Å². The molecule has 0 aliphatic carbocycles. The second-order valence-corrected chi connectivity index (χ2v) is 6.59. The number of ether oxygens (including phenoxy) is 1. The first-order chi connectivity index (χ1) is 11.2. The minimum absolute atomic E-state index is 0.0626. The molecule has 2 fully saturated rings. The molecule has 0 N–H and O–H groups in total. The molecule has 4 nitrogen and oxygen atoms in total. The molecule has 5 heteroatoms. The molecule has 128 valence electrons. The molecule has 0 amide bonds. The van der Waals surface area contributed by atoms with E-state index in [1.165, 1.54) is 0 Å². The summed E-state index contributed by atoms with van der Waals surface area (Å²) in [4.78, 5) is 7.12. The van der Waals surface area contributed by atoms with Crippen LogP contribution in [0.15, 0.2) is 18.2 Å². The third-order valence-corrected chi connectivity index (χ3v) is 4.94. The van der Waals surface area contributed by atoms with Crippen LogP contribution in [0.4, 0.5) is 10.1 Å². The smallest absolute Gasteiger partial charge is 0.128 e. The molecule has 0 radical (unpaired) electrons. The van der Waals surface area contributed by atoms with E-state index in [1.54, 1.807) is 6.07 Å². The van der Waals surface area contributed by atoms with Gasteiger partial charge in [-0.3, -0.25) is 0 Å². The summed E-state index contributed by atoms with van der Waals surface area (Å²) in [6.07, 6.45) is 1.83. The summed E-state index contributed by atoms with van der Waals surface area (Å²) in [6, 6.07) is 5.47. The normalized spacial score (nSPS) is 20.9. The maximum absolute atomic E-state index is 14.3. The fraction of sp³-hybridized carbons (Fsp3) is 0.667. The molecule has 2 saturated heterocycles. The number of rotatable bonds is 5. The predicted molar refractivity (Wildman–Crippen MR) is 91.7 cm³/mol. The van der Waals surface area contributed by atoms with E-state index in [0.717, 1.165) is 83.1 Å². The zero-order chi connectivity index (χ0) is 16.1. The summed E-state index contributed by atoms with van der Waals surface area (Å²) in [5.74, 6) is -0.0626. The Morgan fingerprint density at radius 3 is 2.52 bits per heavy atom. The average molecular weight is 321 g/mol. The quantitative estimate of drug-likeness (QED) is 0.824. The Kier molecular flexibility index (Phi) is 5.86. The first-order valence-corrected chi connectivity index (χ1v) is 8.75. The number of morpholine rings is 1. The van der Waals surface area contributed by atoms with Gasteiger partial charge in [-0.1, -0.05) is 6.07 Å². The van der Waals surface area contributed by atoms with Gasteiger partial charge in [0.05, 0.1) is 13.2 Å². The number of nitrogens with zero attached hydrogens (tertiary/aromatic N) is 3.